The van der Waals surface area contributed by atoms with Crippen molar-refractivity contribution in [3.05, 3.63) is 59.4 Å². The van der Waals surface area contributed by atoms with Gasteiger partial charge in [0.05, 0.1) is 27.8 Å². The molecule has 32 heavy (non-hydrogen) atoms. The molecule has 1 aliphatic heterocycles. The summed E-state index contributed by atoms with van der Waals surface area (Å²) in [6, 6.07) is 11.8. The summed E-state index contributed by atoms with van der Waals surface area (Å²) < 4.78 is 16.2. The SMILES string of the molecule is COc1ccc(CC(=O)N2CCC[C@@H](c3cc4c(C)c(OC)ccc4cn3)C2)cc1OC. The van der Waals surface area contributed by atoms with Crippen LogP contribution < -0.4 is 14.2 Å². The summed E-state index contributed by atoms with van der Waals surface area (Å²) in [7, 11) is 4.90. The molecule has 1 saturated heterocycles. The van der Waals surface area contributed by atoms with E-state index >= 15 is 0 Å². The number of benzene rings is 2. The zero-order chi connectivity index (χ0) is 22.7. The van der Waals surface area contributed by atoms with Crippen LogP contribution in [-0.2, 0) is 11.2 Å². The van der Waals surface area contributed by atoms with Crippen LogP contribution >= 0.6 is 0 Å². The smallest absolute Gasteiger partial charge is 0.227 e. The van der Waals surface area contributed by atoms with Crippen LogP contribution in [0.5, 0.6) is 17.2 Å². The maximum Gasteiger partial charge on any atom is 0.227 e. The Labute approximate surface area is 189 Å². The summed E-state index contributed by atoms with van der Waals surface area (Å²) in [5, 5.41) is 2.26. The number of amides is 1. The minimum Gasteiger partial charge on any atom is -0.496 e. The molecule has 2 aromatic carbocycles. The number of rotatable bonds is 6. The van der Waals surface area contributed by atoms with Gasteiger partial charge in [-0.15, -0.1) is 0 Å². The number of aryl methyl sites for hydroxylation is 1. The zero-order valence-electron chi connectivity index (χ0n) is 19.2. The predicted octanol–water partition coefficient (Wildman–Crippen LogP) is 4.52. The van der Waals surface area contributed by atoms with Gasteiger partial charge in [0.2, 0.25) is 5.91 Å². The number of carbonyl (C=O) groups is 1. The van der Waals surface area contributed by atoms with Crippen molar-refractivity contribution in [2.45, 2.75) is 32.1 Å². The fourth-order valence-corrected chi connectivity index (χ4v) is 4.53. The van der Waals surface area contributed by atoms with Crippen molar-refractivity contribution in [2.24, 2.45) is 0 Å². The number of carbonyl (C=O) groups excluding carboxylic acids is 1. The molecule has 4 rings (SSSR count). The Morgan fingerprint density at radius 3 is 2.53 bits per heavy atom. The number of pyridine rings is 1. The second kappa shape index (κ2) is 9.47. The van der Waals surface area contributed by atoms with Gasteiger partial charge < -0.3 is 19.1 Å². The molecule has 0 spiro atoms. The number of piperidine rings is 1. The van der Waals surface area contributed by atoms with Gasteiger partial charge in [-0.2, -0.15) is 0 Å². The Morgan fingerprint density at radius 2 is 1.78 bits per heavy atom. The van der Waals surface area contributed by atoms with Gasteiger partial charge in [0.1, 0.15) is 5.75 Å². The fourth-order valence-electron chi connectivity index (χ4n) is 4.53. The van der Waals surface area contributed by atoms with Crippen LogP contribution in [0.2, 0.25) is 0 Å². The quantitative estimate of drug-likeness (QED) is 0.571. The third-order valence-electron chi connectivity index (χ3n) is 6.36. The first kappa shape index (κ1) is 21.9. The van der Waals surface area contributed by atoms with Gasteiger partial charge in [-0.05, 0) is 66.6 Å². The maximum absolute atomic E-state index is 13.1. The van der Waals surface area contributed by atoms with E-state index in [1.54, 1.807) is 21.3 Å². The van der Waals surface area contributed by atoms with Crippen molar-refractivity contribution in [3.8, 4) is 17.2 Å². The van der Waals surface area contributed by atoms with Gasteiger partial charge in [0, 0.05) is 36.3 Å². The van der Waals surface area contributed by atoms with Gasteiger partial charge in [-0.3, -0.25) is 9.78 Å². The highest BCUT2D eigenvalue weighted by Gasteiger charge is 2.26. The lowest BCUT2D eigenvalue weighted by atomic mass is 9.92. The number of aromatic nitrogens is 1. The number of likely N-dealkylation sites (tertiary alicyclic amines) is 1. The van der Waals surface area contributed by atoms with E-state index in [9.17, 15) is 4.79 Å². The molecule has 1 aromatic heterocycles. The lowest BCUT2D eigenvalue weighted by Gasteiger charge is -2.33. The van der Waals surface area contributed by atoms with Crippen LogP contribution in [0.25, 0.3) is 10.8 Å². The monoisotopic (exact) mass is 434 g/mol. The second-order valence-electron chi connectivity index (χ2n) is 8.27. The van der Waals surface area contributed by atoms with Crippen LogP contribution in [0.4, 0.5) is 0 Å². The first-order chi connectivity index (χ1) is 15.5. The normalized spacial score (nSPS) is 16.1. The highest BCUT2D eigenvalue weighted by Crippen LogP contribution is 2.32. The molecule has 0 bridgehead atoms. The van der Waals surface area contributed by atoms with Crippen LogP contribution in [0.1, 0.15) is 35.6 Å². The molecule has 0 N–H and O–H groups in total. The van der Waals surface area contributed by atoms with Crippen molar-refractivity contribution in [1.82, 2.24) is 9.88 Å². The third-order valence-corrected chi connectivity index (χ3v) is 6.36. The molecule has 1 atom stereocenters. The van der Waals surface area contributed by atoms with E-state index in [1.807, 2.05) is 41.4 Å². The average molecular weight is 435 g/mol. The fraction of sp³-hybridized carbons (Fsp3) is 0.385. The largest absolute Gasteiger partial charge is 0.496 e. The molecular weight excluding hydrogens is 404 g/mol. The first-order valence-corrected chi connectivity index (χ1v) is 11.0. The van der Waals surface area contributed by atoms with Crippen molar-refractivity contribution in [3.63, 3.8) is 0 Å². The van der Waals surface area contributed by atoms with Crippen LogP contribution in [0.15, 0.2) is 42.6 Å². The van der Waals surface area contributed by atoms with Crippen molar-refractivity contribution in [2.75, 3.05) is 34.4 Å². The molecular formula is C26H30N2O4. The van der Waals surface area contributed by atoms with Gasteiger partial charge in [0.15, 0.2) is 11.5 Å². The molecule has 6 nitrogen and oxygen atoms in total. The molecule has 0 saturated carbocycles. The van der Waals surface area contributed by atoms with E-state index < -0.39 is 0 Å². The number of hydrogen-bond acceptors (Lipinski definition) is 5. The zero-order valence-corrected chi connectivity index (χ0v) is 19.2. The number of methoxy groups -OCH3 is 3. The molecule has 0 radical (unpaired) electrons. The van der Waals surface area contributed by atoms with Crippen LogP contribution in [0.3, 0.4) is 0 Å². The van der Waals surface area contributed by atoms with Crippen molar-refractivity contribution in [1.29, 1.82) is 0 Å². The van der Waals surface area contributed by atoms with Gasteiger partial charge in [-0.25, -0.2) is 0 Å². The molecule has 3 aromatic rings. The molecule has 2 heterocycles. The summed E-state index contributed by atoms with van der Waals surface area (Å²) in [5.41, 5.74) is 3.07. The Balaban J connectivity index is 1.51. The molecule has 168 valence electrons. The second-order valence-corrected chi connectivity index (χ2v) is 8.27. The Kier molecular flexibility index (Phi) is 6.49. The van der Waals surface area contributed by atoms with Gasteiger partial charge >= 0.3 is 0 Å². The lowest BCUT2D eigenvalue weighted by molar-refractivity contribution is -0.131. The highest BCUT2D eigenvalue weighted by molar-refractivity contribution is 5.87. The average Bonchev–Trinajstić information content (AvgIpc) is 2.84. The molecule has 6 heteroatoms. The van der Waals surface area contributed by atoms with Gasteiger partial charge in [-0.1, -0.05) is 6.07 Å². The number of fused-ring (bicyclic) bond motifs is 1. The van der Waals surface area contributed by atoms with E-state index in [4.69, 9.17) is 19.2 Å². The third kappa shape index (κ3) is 4.35. The molecule has 1 aliphatic rings. The summed E-state index contributed by atoms with van der Waals surface area (Å²) in [6.07, 6.45) is 4.27. The first-order valence-electron chi connectivity index (χ1n) is 11.0. The predicted molar refractivity (Wildman–Crippen MR) is 125 cm³/mol. The van der Waals surface area contributed by atoms with E-state index in [0.29, 0.717) is 24.5 Å². The number of ether oxygens (including phenoxy) is 3. The highest BCUT2D eigenvalue weighted by atomic mass is 16.5. The molecule has 0 unspecified atom stereocenters. The van der Waals surface area contributed by atoms with Crippen molar-refractivity contribution >= 4 is 16.7 Å². The molecule has 1 amide bonds. The topological polar surface area (TPSA) is 60.9 Å². The molecule has 1 fully saturated rings. The minimum atomic E-state index is 0.126. The number of nitrogens with zero attached hydrogens (tertiary/aromatic N) is 2. The van der Waals surface area contributed by atoms with Crippen LogP contribution in [0, 0.1) is 6.92 Å². The molecule has 0 aliphatic carbocycles. The number of hydrogen-bond donors (Lipinski definition) is 0. The van der Waals surface area contributed by atoms with Crippen molar-refractivity contribution < 1.29 is 19.0 Å². The van der Waals surface area contributed by atoms with Crippen LogP contribution in [-0.4, -0.2) is 50.2 Å². The standard InChI is InChI=1S/C26H30N2O4/c1-17-21-14-22(27-15-19(21)8-10-23(17)30-2)20-6-5-11-28(16-20)26(29)13-18-7-9-24(31-3)25(12-18)32-4/h7-10,12,14-15,20H,5-6,11,13,16H2,1-4H3/t20-/m1/s1. The van der Waals surface area contributed by atoms with E-state index in [1.165, 1.54) is 0 Å². The van der Waals surface area contributed by atoms with E-state index in [-0.39, 0.29) is 11.8 Å². The Morgan fingerprint density at radius 1 is 1.03 bits per heavy atom. The Hall–Kier alpha value is -3.28. The Bertz CT molecular complexity index is 1130. The summed E-state index contributed by atoms with van der Waals surface area (Å²) in [6.45, 7) is 3.54. The van der Waals surface area contributed by atoms with E-state index in [2.05, 4.69) is 13.0 Å². The lowest BCUT2D eigenvalue weighted by Crippen LogP contribution is -2.40. The maximum atomic E-state index is 13.1. The summed E-state index contributed by atoms with van der Waals surface area (Å²) in [4.78, 5) is 19.8. The minimum absolute atomic E-state index is 0.126. The summed E-state index contributed by atoms with van der Waals surface area (Å²) >= 11 is 0. The van der Waals surface area contributed by atoms with Gasteiger partial charge in [0.25, 0.3) is 0 Å². The van der Waals surface area contributed by atoms with E-state index in [0.717, 1.165) is 52.7 Å². The summed E-state index contributed by atoms with van der Waals surface area (Å²) in [5.74, 6) is 2.54.